The number of carbonyl (C=O) groups excluding carboxylic acids is 1. The molecule has 2 aromatic heterocycles. The average Bonchev–Trinajstić information content (AvgIpc) is 3.03. The highest BCUT2D eigenvalue weighted by molar-refractivity contribution is 5.83. The van der Waals surface area contributed by atoms with Crippen LogP contribution in [0.2, 0.25) is 0 Å². The maximum absolute atomic E-state index is 12.9. The van der Waals surface area contributed by atoms with Gasteiger partial charge in [0.25, 0.3) is 11.6 Å². The van der Waals surface area contributed by atoms with E-state index in [0.717, 1.165) is 33.7 Å². The van der Waals surface area contributed by atoms with Crippen LogP contribution in [0.15, 0.2) is 48.5 Å². The Hall–Kier alpha value is -2.95. The van der Waals surface area contributed by atoms with E-state index in [1.165, 1.54) is 0 Å². The zero-order valence-corrected chi connectivity index (χ0v) is 15.7. The molecule has 0 saturated heterocycles. The number of fused-ring (bicyclic) bond motifs is 2. The van der Waals surface area contributed by atoms with E-state index >= 15 is 0 Å². The summed E-state index contributed by atoms with van der Waals surface area (Å²) >= 11 is 0. The second-order valence-corrected chi connectivity index (χ2v) is 6.90. The number of aryl methyl sites for hydroxylation is 2. The van der Waals surface area contributed by atoms with E-state index < -0.39 is 0 Å². The number of carbonyl (C=O) groups is 1. The molecule has 4 aromatic rings. The van der Waals surface area contributed by atoms with E-state index in [1.807, 2.05) is 38.4 Å². The smallest absolute Gasteiger partial charge is 0.254 e. The Labute approximate surface area is 152 Å². The molecule has 2 aromatic carbocycles. The molecule has 0 aliphatic rings. The zero-order valence-electron chi connectivity index (χ0n) is 15.7. The molecule has 0 amide bonds. The predicted octanol–water partition coefficient (Wildman–Crippen LogP) is 2.13. The Morgan fingerprint density at radius 3 is 1.58 bits per heavy atom. The molecule has 0 aliphatic heterocycles. The van der Waals surface area contributed by atoms with Gasteiger partial charge in [-0.3, -0.25) is 4.79 Å². The number of ketones is 1. The van der Waals surface area contributed by atoms with Gasteiger partial charge < -0.3 is 0 Å². The van der Waals surface area contributed by atoms with Crippen LogP contribution in [0.5, 0.6) is 0 Å². The maximum atomic E-state index is 12.9. The highest BCUT2D eigenvalue weighted by Gasteiger charge is 2.25. The number of para-hydroxylation sites is 4. The quantitative estimate of drug-likeness (QED) is 0.520. The molecule has 0 unspecified atom stereocenters. The largest absolute Gasteiger partial charge is 0.291 e. The number of aromatic nitrogens is 4. The fourth-order valence-corrected chi connectivity index (χ4v) is 3.81. The number of Topliss-reactive ketones (excluding diaryl/α,β-unsaturated/α-hetero) is 1. The maximum Gasteiger partial charge on any atom is 0.254 e. The molecule has 4 rings (SSSR count). The van der Waals surface area contributed by atoms with Crippen molar-refractivity contribution < 1.29 is 13.9 Å². The molecule has 0 radical (unpaired) electrons. The van der Waals surface area contributed by atoms with Crippen LogP contribution in [-0.2, 0) is 32.0 Å². The van der Waals surface area contributed by atoms with Crippen molar-refractivity contribution in [2.75, 3.05) is 0 Å². The molecule has 0 aliphatic carbocycles. The lowest BCUT2D eigenvalue weighted by Gasteiger charge is -2.01. The number of nitrogens with zero attached hydrogens (tertiary/aromatic N) is 4. The summed E-state index contributed by atoms with van der Waals surface area (Å²) < 4.78 is 8.50. The van der Waals surface area contributed by atoms with Crippen molar-refractivity contribution >= 4 is 27.9 Å². The van der Waals surface area contributed by atoms with E-state index in [0.29, 0.717) is 13.1 Å². The van der Waals surface area contributed by atoms with Crippen LogP contribution in [0.1, 0.15) is 11.6 Å². The molecule has 0 saturated carbocycles. The van der Waals surface area contributed by atoms with Gasteiger partial charge in [0.15, 0.2) is 35.2 Å². The summed E-state index contributed by atoms with van der Waals surface area (Å²) in [6, 6.07) is 16.4. The molecular formula is C21H24N4O+2. The molecule has 0 N–H and O–H groups in total. The standard InChI is InChI=1S/C21H24N4O/c1-15-22(3)18-9-5-7-11-20(18)24(15)13-17(26)14-25-16(2)23(4)19-10-6-8-12-21(19)25/h5-12H,13-14H2,1-4H3/q+2. The fourth-order valence-electron chi connectivity index (χ4n) is 3.81. The highest BCUT2D eigenvalue weighted by atomic mass is 16.1. The Balaban J connectivity index is 1.69. The van der Waals surface area contributed by atoms with E-state index in [9.17, 15) is 4.79 Å². The van der Waals surface area contributed by atoms with Crippen LogP contribution < -0.4 is 9.13 Å². The van der Waals surface area contributed by atoms with Crippen molar-refractivity contribution in [3.8, 4) is 0 Å². The molecule has 0 fully saturated rings. The minimum Gasteiger partial charge on any atom is -0.291 e. The van der Waals surface area contributed by atoms with E-state index in [2.05, 4.69) is 56.4 Å². The minimum absolute atomic E-state index is 0.193. The molecule has 26 heavy (non-hydrogen) atoms. The molecular weight excluding hydrogens is 324 g/mol. The monoisotopic (exact) mass is 348 g/mol. The third kappa shape index (κ3) is 2.43. The number of rotatable bonds is 4. The third-order valence-corrected chi connectivity index (χ3v) is 5.49. The van der Waals surface area contributed by atoms with Crippen molar-refractivity contribution in [2.24, 2.45) is 14.1 Å². The van der Waals surface area contributed by atoms with E-state index in [-0.39, 0.29) is 5.78 Å². The Kier molecular flexibility index (Phi) is 3.87. The number of benzene rings is 2. The Morgan fingerprint density at radius 2 is 1.15 bits per heavy atom. The minimum atomic E-state index is 0.193. The normalized spacial score (nSPS) is 11.5. The third-order valence-electron chi connectivity index (χ3n) is 5.49. The van der Waals surface area contributed by atoms with Gasteiger partial charge in [0, 0.05) is 13.8 Å². The van der Waals surface area contributed by atoms with Crippen molar-refractivity contribution in [1.82, 2.24) is 9.13 Å². The highest BCUT2D eigenvalue weighted by Crippen LogP contribution is 2.16. The summed E-state index contributed by atoms with van der Waals surface area (Å²) in [5.41, 5.74) is 4.49. The van der Waals surface area contributed by atoms with Gasteiger partial charge in [-0.05, 0) is 24.3 Å². The van der Waals surface area contributed by atoms with Crippen LogP contribution in [0, 0.1) is 13.8 Å². The van der Waals surface area contributed by atoms with Crippen molar-refractivity contribution in [3.05, 3.63) is 60.2 Å². The van der Waals surface area contributed by atoms with Gasteiger partial charge in [0.05, 0.1) is 14.1 Å². The molecule has 0 spiro atoms. The van der Waals surface area contributed by atoms with Gasteiger partial charge in [0.1, 0.15) is 0 Å². The topological polar surface area (TPSA) is 34.7 Å². The Morgan fingerprint density at radius 1 is 0.769 bits per heavy atom. The lowest BCUT2D eigenvalue weighted by molar-refractivity contribution is -0.652. The van der Waals surface area contributed by atoms with Crippen molar-refractivity contribution in [3.63, 3.8) is 0 Å². The first kappa shape index (κ1) is 16.5. The predicted molar refractivity (Wildman–Crippen MR) is 101 cm³/mol. The van der Waals surface area contributed by atoms with Crippen molar-refractivity contribution in [2.45, 2.75) is 26.9 Å². The lowest BCUT2D eigenvalue weighted by atomic mass is 10.3. The molecule has 2 heterocycles. The summed E-state index contributed by atoms with van der Waals surface area (Å²) in [7, 11) is 4.09. The van der Waals surface area contributed by atoms with Gasteiger partial charge in [-0.1, -0.05) is 24.3 Å². The number of hydrogen-bond acceptors (Lipinski definition) is 1. The Bertz CT molecular complexity index is 1060. The van der Waals surface area contributed by atoms with Crippen LogP contribution in [0.4, 0.5) is 0 Å². The van der Waals surface area contributed by atoms with Crippen LogP contribution >= 0.6 is 0 Å². The summed E-state index contributed by atoms with van der Waals surface area (Å²) in [4.78, 5) is 12.9. The summed E-state index contributed by atoms with van der Waals surface area (Å²) in [5, 5.41) is 0. The van der Waals surface area contributed by atoms with E-state index in [1.54, 1.807) is 0 Å². The SMILES string of the molecule is Cc1n(CC(=O)Cn2c(C)[n+](C)c3ccccc32)c2ccccc2[n+]1C. The fraction of sp³-hybridized carbons (Fsp3) is 0.286. The van der Waals surface area contributed by atoms with E-state index in [4.69, 9.17) is 0 Å². The molecule has 5 nitrogen and oxygen atoms in total. The summed E-state index contributed by atoms with van der Waals surface area (Å²) in [6.45, 7) is 4.87. The van der Waals surface area contributed by atoms with Gasteiger partial charge >= 0.3 is 0 Å². The van der Waals surface area contributed by atoms with Gasteiger partial charge in [0.2, 0.25) is 5.78 Å². The first-order valence-corrected chi connectivity index (χ1v) is 8.88. The van der Waals surface area contributed by atoms with Crippen LogP contribution in [-0.4, -0.2) is 14.9 Å². The van der Waals surface area contributed by atoms with Crippen LogP contribution in [0.25, 0.3) is 22.1 Å². The number of imidazole rings is 2. The van der Waals surface area contributed by atoms with Gasteiger partial charge in [-0.25, -0.2) is 18.3 Å². The van der Waals surface area contributed by atoms with Gasteiger partial charge in [-0.2, -0.15) is 0 Å². The average molecular weight is 348 g/mol. The van der Waals surface area contributed by atoms with Crippen LogP contribution in [0.3, 0.4) is 0 Å². The molecule has 0 atom stereocenters. The molecule has 5 heteroatoms. The molecule has 0 bridgehead atoms. The zero-order chi connectivity index (χ0) is 18.4. The van der Waals surface area contributed by atoms with Gasteiger partial charge in [-0.15, -0.1) is 0 Å². The first-order chi connectivity index (χ1) is 12.5. The second kappa shape index (κ2) is 6.09. The molecule has 132 valence electrons. The van der Waals surface area contributed by atoms with Crippen molar-refractivity contribution in [1.29, 1.82) is 0 Å². The summed E-state index contributed by atoms with van der Waals surface area (Å²) in [6.07, 6.45) is 0. The number of hydrogen-bond donors (Lipinski definition) is 0. The summed E-state index contributed by atoms with van der Waals surface area (Å²) in [5.74, 6) is 2.36. The second-order valence-electron chi connectivity index (χ2n) is 6.90. The first-order valence-electron chi connectivity index (χ1n) is 8.88. The lowest BCUT2D eigenvalue weighted by Crippen LogP contribution is -2.32.